The molecule has 5 rings (SSSR count). The lowest BCUT2D eigenvalue weighted by Crippen LogP contribution is -2.40. The smallest absolute Gasteiger partial charge is 0.254 e. The molecular formula is C24H21ClN4O3S. The maximum absolute atomic E-state index is 13.0. The number of rotatable bonds is 4. The summed E-state index contributed by atoms with van der Waals surface area (Å²) in [4.78, 5) is 24.5. The number of benzene rings is 2. The third-order valence-electron chi connectivity index (χ3n) is 5.64. The van der Waals surface area contributed by atoms with Gasteiger partial charge in [-0.2, -0.15) is 0 Å². The fraction of sp³-hybridized carbons (Fsp3) is 0.208. The van der Waals surface area contributed by atoms with E-state index in [0.29, 0.717) is 47.7 Å². The van der Waals surface area contributed by atoms with Crippen LogP contribution in [0.15, 0.2) is 66.0 Å². The number of aromatic nitrogens is 3. The average Bonchev–Trinajstić information content (AvgIpc) is 3.23. The fourth-order valence-electron chi connectivity index (χ4n) is 3.93. The number of carbonyl (C=O) groups excluding carboxylic acids is 1. The van der Waals surface area contributed by atoms with Crippen LogP contribution in [0.2, 0.25) is 5.02 Å². The first-order valence-electron chi connectivity index (χ1n) is 10.5. The topological polar surface area (TPSA) is 77.3 Å². The van der Waals surface area contributed by atoms with Crippen LogP contribution in [-0.2, 0) is 15.5 Å². The van der Waals surface area contributed by atoms with E-state index in [9.17, 15) is 9.00 Å². The number of nitrogens with zero attached hydrogens (tertiary/aromatic N) is 4. The zero-order valence-corrected chi connectivity index (χ0v) is 19.5. The number of fused-ring (bicyclic) bond motifs is 1. The van der Waals surface area contributed by atoms with Gasteiger partial charge >= 0.3 is 0 Å². The summed E-state index contributed by atoms with van der Waals surface area (Å²) in [7, 11) is -1.22. The lowest BCUT2D eigenvalue weighted by Gasteiger charge is -2.26. The molecule has 1 amide bonds. The van der Waals surface area contributed by atoms with Crippen molar-refractivity contribution in [1.29, 1.82) is 0 Å². The van der Waals surface area contributed by atoms with Crippen molar-refractivity contribution in [3.8, 4) is 17.1 Å². The maximum Gasteiger partial charge on any atom is 0.254 e. The zero-order chi connectivity index (χ0) is 22.9. The minimum Gasteiger partial charge on any atom is -0.378 e. The average molecular weight is 481 g/mol. The Bertz CT molecular complexity index is 1360. The largest absolute Gasteiger partial charge is 0.378 e. The van der Waals surface area contributed by atoms with Crippen molar-refractivity contribution in [1.82, 2.24) is 19.4 Å². The van der Waals surface area contributed by atoms with E-state index in [1.54, 1.807) is 40.4 Å². The predicted octanol–water partition coefficient (Wildman–Crippen LogP) is 3.95. The van der Waals surface area contributed by atoms with E-state index < -0.39 is 10.8 Å². The molecule has 1 fully saturated rings. The molecule has 2 aromatic carbocycles. The number of amides is 1. The van der Waals surface area contributed by atoms with Gasteiger partial charge in [0, 0.05) is 59.5 Å². The zero-order valence-electron chi connectivity index (χ0n) is 17.9. The molecule has 2 aromatic heterocycles. The Morgan fingerprint density at radius 3 is 2.52 bits per heavy atom. The molecule has 0 radical (unpaired) electrons. The number of ether oxygens (including phenoxy) is 1. The second kappa shape index (κ2) is 9.05. The summed E-state index contributed by atoms with van der Waals surface area (Å²) in [5.41, 5.74) is 3.04. The molecule has 0 spiro atoms. The molecule has 7 nitrogen and oxygen atoms in total. The Morgan fingerprint density at radius 1 is 1.06 bits per heavy atom. The van der Waals surface area contributed by atoms with E-state index in [1.165, 1.54) is 0 Å². The van der Waals surface area contributed by atoms with Gasteiger partial charge in [0.15, 0.2) is 0 Å². The molecule has 1 aliphatic heterocycles. The molecule has 0 saturated carbocycles. The number of halogens is 1. The summed E-state index contributed by atoms with van der Waals surface area (Å²) in [5, 5.41) is 1.44. The highest BCUT2D eigenvalue weighted by Crippen LogP contribution is 2.28. The summed E-state index contributed by atoms with van der Waals surface area (Å²) in [6.45, 7) is 2.21. The van der Waals surface area contributed by atoms with E-state index >= 15 is 0 Å². The van der Waals surface area contributed by atoms with Crippen LogP contribution < -0.4 is 0 Å². The van der Waals surface area contributed by atoms with Gasteiger partial charge in [0.1, 0.15) is 0 Å². The summed E-state index contributed by atoms with van der Waals surface area (Å²) in [5.74, 6) is 0.378. The molecule has 168 valence electrons. The van der Waals surface area contributed by atoms with E-state index in [-0.39, 0.29) is 5.91 Å². The Labute approximate surface area is 198 Å². The summed E-state index contributed by atoms with van der Waals surface area (Å²) in [6.07, 6.45) is 6.86. The first kappa shape index (κ1) is 21.8. The number of hydrogen-bond acceptors (Lipinski definition) is 5. The molecule has 1 aliphatic rings. The standard InChI is InChI=1S/C24H21ClN4O3S/c1-33(31)22-15-29(24-26-13-18(14-27-24)16-3-2-4-19(25)11-16)21-12-17(5-6-20(21)22)23(30)28-7-9-32-10-8-28/h2-6,11-15H,7-10H2,1H3. The van der Waals surface area contributed by atoms with Crippen LogP contribution in [0.4, 0.5) is 0 Å². The van der Waals surface area contributed by atoms with Gasteiger partial charge in [-0.05, 0) is 29.8 Å². The third-order valence-corrected chi connectivity index (χ3v) is 6.82. The number of morpholine rings is 1. The van der Waals surface area contributed by atoms with Crippen LogP contribution in [0.3, 0.4) is 0 Å². The lowest BCUT2D eigenvalue weighted by atomic mass is 10.1. The van der Waals surface area contributed by atoms with Gasteiger partial charge in [0.25, 0.3) is 5.91 Å². The van der Waals surface area contributed by atoms with Crippen molar-refractivity contribution in [2.24, 2.45) is 0 Å². The summed E-state index contributed by atoms with van der Waals surface area (Å²) in [6, 6.07) is 12.9. The van der Waals surface area contributed by atoms with Crippen molar-refractivity contribution in [2.75, 3.05) is 32.6 Å². The molecule has 1 unspecified atom stereocenters. The summed E-state index contributed by atoms with van der Waals surface area (Å²) >= 11 is 6.10. The van der Waals surface area contributed by atoms with E-state index in [2.05, 4.69) is 9.97 Å². The third kappa shape index (κ3) is 4.29. The maximum atomic E-state index is 13.0. The van der Waals surface area contributed by atoms with Crippen LogP contribution in [0.1, 0.15) is 10.4 Å². The number of hydrogen-bond donors (Lipinski definition) is 0. The Kier molecular flexibility index (Phi) is 5.97. The molecule has 0 N–H and O–H groups in total. The van der Waals surface area contributed by atoms with Gasteiger partial charge in [0.2, 0.25) is 5.95 Å². The van der Waals surface area contributed by atoms with Crippen LogP contribution in [0.5, 0.6) is 0 Å². The Balaban J connectivity index is 1.56. The molecule has 1 atom stereocenters. The SMILES string of the molecule is CS(=O)c1cn(-c2ncc(-c3cccc(Cl)c3)cn2)c2cc(C(=O)N3CCOCC3)ccc12. The highest BCUT2D eigenvalue weighted by atomic mass is 35.5. The molecule has 0 aliphatic carbocycles. The van der Waals surface area contributed by atoms with Gasteiger partial charge in [-0.3, -0.25) is 13.6 Å². The van der Waals surface area contributed by atoms with Gasteiger partial charge < -0.3 is 9.64 Å². The molecular weight excluding hydrogens is 460 g/mol. The van der Waals surface area contributed by atoms with Crippen LogP contribution in [-0.4, -0.2) is 62.1 Å². The number of carbonyl (C=O) groups is 1. The molecule has 9 heteroatoms. The predicted molar refractivity (Wildman–Crippen MR) is 128 cm³/mol. The van der Waals surface area contributed by atoms with Gasteiger partial charge in [-0.15, -0.1) is 0 Å². The monoisotopic (exact) mass is 480 g/mol. The van der Waals surface area contributed by atoms with Crippen molar-refractivity contribution in [2.45, 2.75) is 4.90 Å². The second-order valence-electron chi connectivity index (χ2n) is 7.74. The second-order valence-corrected chi connectivity index (χ2v) is 9.52. The van der Waals surface area contributed by atoms with E-state index in [4.69, 9.17) is 16.3 Å². The van der Waals surface area contributed by atoms with Gasteiger partial charge in [-0.25, -0.2) is 9.97 Å². The quantitative estimate of drug-likeness (QED) is 0.442. The molecule has 3 heterocycles. The van der Waals surface area contributed by atoms with Crippen LogP contribution in [0.25, 0.3) is 28.0 Å². The van der Waals surface area contributed by atoms with Crippen LogP contribution >= 0.6 is 11.6 Å². The lowest BCUT2D eigenvalue weighted by molar-refractivity contribution is 0.0303. The van der Waals surface area contributed by atoms with Crippen molar-refractivity contribution < 1.29 is 13.7 Å². The van der Waals surface area contributed by atoms with E-state index in [0.717, 1.165) is 22.0 Å². The van der Waals surface area contributed by atoms with Gasteiger partial charge in [0.05, 0.1) is 34.4 Å². The Hall–Kier alpha value is -3.07. The summed E-state index contributed by atoms with van der Waals surface area (Å²) < 4.78 is 19.5. The fourth-order valence-corrected chi connectivity index (χ4v) is 4.86. The molecule has 0 bridgehead atoms. The normalized spacial score (nSPS) is 15.0. The van der Waals surface area contributed by atoms with Crippen molar-refractivity contribution >= 4 is 39.2 Å². The highest BCUT2D eigenvalue weighted by Gasteiger charge is 2.21. The minimum absolute atomic E-state index is 0.0515. The molecule has 4 aromatic rings. The first-order chi connectivity index (χ1) is 16.0. The van der Waals surface area contributed by atoms with Crippen LogP contribution in [0, 0.1) is 0 Å². The minimum atomic E-state index is -1.22. The van der Waals surface area contributed by atoms with Crippen molar-refractivity contribution in [3.63, 3.8) is 0 Å². The van der Waals surface area contributed by atoms with Gasteiger partial charge in [-0.1, -0.05) is 29.8 Å². The highest BCUT2D eigenvalue weighted by molar-refractivity contribution is 7.84. The molecule has 33 heavy (non-hydrogen) atoms. The Morgan fingerprint density at radius 2 is 1.82 bits per heavy atom. The molecule has 1 saturated heterocycles. The van der Waals surface area contributed by atoms with E-state index in [1.807, 2.05) is 36.4 Å². The van der Waals surface area contributed by atoms with Crippen molar-refractivity contribution in [3.05, 3.63) is 71.6 Å². The first-order valence-corrected chi connectivity index (χ1v) is 12.4.